The molecular formula is C61H67N3O. The summed E-state index contributed by atoms with van der Waals surface area (Å²) in [6.45, 7) is 27.0. The fraction of sp³-hybridized carbons (Fsp3) is 0.311. The smallest absolute Gasteiger partial charge is 0.149 e. The molecule has 0 radical (unpaired) electrons. The zero-order chi connectivity index (χ0) is 52.7. The van der Waals surface area contributed by atoms with E-state index < -0.39 is 23.0 Å². The van der Waals surface area contributed by atoms with Crippen molar-refractivity contribution >= 4 is 11.0 Å². The van der Waals surface area contributed by atoms with Crippen molar-refractivity contribution in [1.29, 1.82) is 0 Å². The summed E-state index contributed by atoms with van der Waals surface area (Å²) in [7, 11) is 0. The van der Waals surface area contributed by atoms with Crippen LogP contribution in [0.1, 0.15) is 146 Å². The van der Waals surface area contributed by atoms with Crippen molar-refractivity contribution in [1.82, 2.24) is 14.5 Å². The fourth-order valence-electron chi connectivity index (χ4n) is 8.33. The summed E-state index contributed by atoms with van der Waals surface area (Å²) < 4.78 is 66.1. The van der Waals surface area contributed by atoms with Crippen molar-refractivity contribution in [2.75, 3.05) is 0 Å². The molecule has 0 bridgehead atoms. The lowest BCUT2D eigenvalue weighted by Crippen LogP contribution is -2.16. The molecule has 332 valence electrons. The zero-order valence-corrected chi connectivity index (χ0v) is 40.4. The molecule has 65 heavy (non-hydrogen) atoms. The van der Waals surface area contributed by atoms with Crippen molar-refractivity contribution in [2.24, 2.45) is 0 Å². The van der Waals surface area contributed by atoms with E-state index in [1.54, 1.807) is 0 Å². The molecule has 0 atom stereocenters. The van der Waals surface area contributed by atoms with E-state index in [0.717, 1.165) is 56.6 Å². The minimum atomic E-state index is -0.713. The summed E-state index contributed by atoms with van der Waals surface area (Å²) in [6, 6.07) is 31.3. The number of pyridine rings is 1. The van der Waals surface area contributed by atoms with E-state index in [2.05, 4.69) is 146 Å². The lowest BCUT2D eigenvalue weighted by Gasteiger charge is -2.26. The normalized spacial score (nSPS) is 14.0. The van der Waals surface area contributed by atoms with Gasteiger partial charge in [0.2, 0.25) is 0 Å². The highest BCUT2D eigenvalue weighted by Crippen LogP contribution is 2.45. The summed E-state index contributed by atoms with van der Waals surface area (Å²) in [5.41, 5.74) is 9.80. The van der Waals surface area contributed by atoms with Gasteiger partial charge in [-0.3, -0.25) is 9.55 Å². The maximum atomic E-state index is 12.4. The molecule has 0 unspecified atom stereocenters. The first-order chi connectivity index (χ1) is 33.7. The standard InChI is InChI=1S/C61H67N3O/c1-14-61(12,13)47-27-28-54(51(37-47)41-19-16-15-17-20-41)64-55-22-18-21-49(56(55)63-58(64)52-35-43(38(2)3)34-50(39(4)5)57(52)65)44-31-45(33-48(32-44)60(9,10)11)53-36-42(29-30-62-53)40-23-25-46(26-24-40)59(6,7)8/h15-39,65H,14H2,1-13H3/i23D,24D,25D,26D,29D,30D,36D. The third kappa shape index (κ3) is 8.93. The van der Waals surface area contributed by atoms with Gasteiger partial charge < -0.3 is 5.11 Å². The third-order valence-electron chi connectivity index (χ3n) is 13.0. The number of phenols is 1. The van der Waals surface area contributed by atoms with Crippen LogP contribution in [0.5, 0.6) is 5.75 Å². The molecule has 1 N–H and O–H groups in total. The van der Waals surface area contributed by atoms with Gasteiger partial charge in [-0.15, -0.1) is 0 Å². The van der Waals surface area contributed by atoms with Gasteiger partial charge in [-0.2, -0.15) is 0 Å². The second kappa shape index (κ2) is 17.3. The first-order valence-electron chi connectivity index (χ1n) is 26.5. The van der Waals surface area contributed by atoms with Gasteiger partial charge in [0, 0.05) is 22.9 Å². The average molecular weight is 865 g/mol. The van der Waals surface area contributed by atoms with Crippen LogP contribution in [-0.2, 0) is 16.2 Å². The molecule has 0 aliphatic carbocycles. The molecule has 4 nitrogen and oxygen atoms in total. The van der Waals surface area contributed by atoms with E-state index in [1.807, 2.05) is 51.1 Å². The highest BCUT2D eigenvalue weighted by atomic mass is 16.3. The van der Waals surface area contributed by atoms with Crippen LogP contribution in [-0.4, -0.2) is 19.6 Å². The van der Waals surface area contributed by atoms with Gasteiger partial charge in [0.05, 0.1) is 37.6 Å². The Morgan fingerprint density at radius 1 is 0.600 bits per heavy atom. The van der Waals surface area contributed by atoms with Crippen molar-refractivity contribution < 1.29 is 14.7 Å². The number of hydrogen-bond donors (Lipinski definition) is 1. The zero-order valence-electron chi connectivity index (χ0n) is 47.4. The number of para-hydroxylation sites is 1. The van der Waals surface area contributed by atoms with Crippen molar-refractivity contribution in [2.45, 2.75) is 125 Å². The van der Waals surface area contributed by atoms with Gasteiger partial charge in [-0.25, -0.2) is 4.98 Å². The molecule has 0 aliphatic rings. The molecule has 0 fully saturated rings. The summed E-state index contributed by atoms with van der Waals surface area (Å²) >= 11 is 0. The fourth-order valence-corrected chi connectivity index (χ4v) is 8.33. The molecular weight excluding hydrogens is 791 g/mol. The SMILES string of the molecule is [2H]c1nc(-c2cc(-c3cccc4c3nc(-c3cc(C(C)C)cc(C(C)C)c3O)n4-c3ccc(C(C)(C)CC)cc3-c3ccccc3)cc(C(C)(C)C)c2)c([2H])c(-c2c([2H])c([2H])c(C(C)(C)C)c([2H])c2[2H])c1[2H]. The number of rotatable bonds is 10. The van der Waals surface area contributed by atoms with Gasteiger partial charge >= 0.3 is 0 Å². The van der Waals surface area contributed by atoms with E-state index in [1.165, 1.54) is 5.56 Å². The molecule has 0 spiro atoms. The van der Waals surface area contributed by atoms with Crippen molar-refractivity contribution in [3.05, 3.63) is 167 Å². The second-order valence-electron chi connectivity index (χ2n) is 20.8. The lowest BCUT2D eigenvalue weighted by atomic mass is 9.81. The minimum absolute atomic E-state index is 0.0283. The molecule has 2 heterocycles. The number of imidazole rings is 1. The second-order valence-corrected chi connectivity index (χ2v) is 20.8. The maximum Gasteiger partial charge on any atom is 0.149 e. The predicted molar refractivity (Wildman–Crippen MR) is 277 cm³/mol. The number of phenolic OH excluding ortho intramolecular Hbond substituents is 1. The highest BCUT2D eigenvalue weighted by Gasteiger charge is 2.27. The van der Waals surface area contributed by atoms with E-state index in [-0.39, 0.29) is 75.6 Å². The molecule has 0 saturated carbocycles. The molecule has 0 aliphatic heterocycles. The van der Waals surface area contributed by atoms with Gasteiger partial charge in [0.25, 0.3) is 0 Å². The number of nitrogens with zero attached hydrogens (tertiary/aromatic N) is 3. The summed E-state index contributed by atoms with van der Waals surface area (Å²) in [6.07, 6.45) is 0.494. The van der Waals surface area contributed by atoms with Gasteiger partial charge in [-0.05, 0) is 133 Å². The number of aromatic nitrogens is 3. The third-order valence-corrected chi connectivity index (χ3v) is 13.0. The molecule has 2 aromatic heterocycles. The van der Waals surface area contributed by atoms with Crippen LogP contribution >= 0.6 is 0 Å². The quantitative estimate of drug-likeness (QED) is 0.149. The Morgan fingerprint density at radius 3 is 1.94 bits per heavy atom. The number of benzene rings is 6. The molecule has 4 heteroatoms. The highest BCUT2D eigenvalue weighted by molar-refractivity contribution is 5.98. The Balaban J connectivity index is 1.47. The minimum Gasteiger partial charge on any atom is -0.507 e. The maximum absolute atomic E-state index is 12.4. The molecule has 0 saturated heterocycles. The van der Waals surface area contributed by atoms with Gasteiger partial charge in [0.1, 0.15) is 11.6 Å². The Hall–Kier alpha value is -6.26. The first-order valence-corrected chi connectivity index (χ1v) is 23.0. The molecule has 8 aromatic rings. The Kier molecular flexibility index (Phi) is 9.84. The summed E-state index contributed by atoms with van der Waals surface area (Å²) in [5, 5.41) is 12.4. The predicted octanol–water partition coefficient (Wildman–Crippen LogP) is 17.0. The Morgan fingerprint density at radius 2 is 1.29 bits per heavy atom. The molecule has 0 amide bonds. The number of hydrogen-bond acceptors (Lipinski definition) is 3. The monoisotopic (exact) mass is 865 g/mol. The van der Waals surface area contributed by atoms with Crippen LogP contribution in [0.15, 0.2) is 139 Å². The van der Waals surface area contributed by atoms with Crippen molar-refractivity contribution in [3.63, 3.8) is 0 Å². The van der Waals surface area contributed by atoms with Crippen LogP contribution in [0.25, 0.3) is 72.7 Å². The topological polar surface area (TPSA) is 50.9 Å². The number of aromatic hydroxyl groups is 1. The molecule has 8 rings (SSSR count). The van der Waals surface area contributed by atoms with Crippen molar-refractivity contribution in [3.8, 4) is 67.5 Å². The molecule has 6 aromatic carbocycles. The lowest BCUT2D eigenvalue weighted by molar-refractivity contribution is 0.466. The summed E-state index contributed by atoms with van der Waals surface area (Å²) in [4.78, 5) is 10.1. The van der Waals surface area contributed by atoms with E-state index in [0.29, 0.717) is 22.5 Å². The number of fused-ring (bicyclic) bond motifs is 1. The first kappa shape index (κ1) is 37.0. The van der Waals surface area contributed by atoms with E-state index >= 15 is 0 Å². The Labute approximate surface area is 398 Å². The van der Waals surface area contributed by atoms with E-state index in [9.17, 15) is 6.48 Å². The Bertz CT molecular complexity index is 3400. The van der Waals surface area contributed by atoms with E-state index in [4.69, 9.17) is 13.2 Å². The van der Waals surface area contributed by atoms with Crippen LogP contribution in [0.4, 0.5) is 0 Å². The van der Waals surface area contributed by atoms with Crippen LogP contribution in [0, 0.1) is 0 Å². The van der Waals surface area contributed by atoms with Crippen LogP contribution in [0.3, 0.4) is 0 Å². The average Bonchev–Trinajstić information content (AvgIpc) is 3.71. The summed E-state index contributed by atoms with van der Waals surface area (Å²) in [5.74, 6) is 0.951. The van der Waals surface area contributed by atoms with Gasteiger partial charge in [0.15, 0.2) is 0 Å². The largest absolute Gasteiger partial charge is 0.507 e. The van der Waals surface area contributed by atoms with Crippen LogP contribution < -0.4 is 0 Å². The van der Waals surface area contributed by atoms with Crippen LogP contribution in [0.2, 0.25) is 0 Å². The van der Waals surface area contributed by atoms with Gasteiger partial charge in [-0.1, -0.05) is 175 Å².